The number of esters is 1. The summed E-state index contributed by atoms with van der Waals surface area (Å²) in [6.45, 7) is 4.04. The third-order valence-electron chi connectivity index (χ3n) is 2.52. The first-order chi connectivity index (χ1) is 9.52. The first-order valence-corrected chi connectivity index (χ1v) is 7.71. The molecule has 0 radical (unpaired) electrons. The minimum atomic E-state index is -0.296. The minimum Gasteiger partial charge on any atom is -0.468 e. The van der Waals surface area contributed by atoms with Crippen molar-refractivity contribution in [3.05, 3.63) is 16.8 Å². The largest absolute Gasteiger partial charge is 0.468 e. The fraction of sp³-hybridized carbons (Fsp3) is 0.417. The quantitative estimate of drug-likeness (QED) is 0.603. The molecule has 0 bridgehead atoms. The van der Waals surface area contributed by atoms with Gasteiger partial charge in [-0.05, 0) is 41.9 Å². The van der Waals surface area contributed by atoms with Crippen LogP contribution in [0.3, 0.4) is 0 Å². The zero-order chi connectivity index (χ0) is 14.7. The Balaban J connectivity index is 2.30. The molecule has 0 saturated heterocycles. The maximum Gasteiger partial charge on any atom is 0.316 e. The summed E-state index contributed by atoms with van der Waals surface area (Å²) in [5.41, 5.74) is 0. The molecule has 0 fully saturated rings. The van der Waals surface area contributed by atoms with E-state index in [1.165, 1.54) is 18.9 Å². The predicted octanol–water partition coefficient (Wildman–Crippen LogP) is 3.15. The van der Waals surface area contributed by atoms with E-state index in [1.54, 1.807) is 6.07 Å². The van der Waals surface area contributed by atoms with Crippen LogP contribution in [0.2, 0.25) is 0 Å². The first-order valence-electron chi connectivity index (χ1n) is 5.93. The molecule has 0 spiro atoms. The summed E-state index contributed by atoms with van der Waals surface area (Å²) in [5.74, 6) is 1.17. The van der Waals surface area contributed by atoms with Crippen LogP contribution in [0.5, 0.6) is 0 Å². The van der Waals surface area contributed by atoms with Gasteiger partial charge in [0.2, 0.25) is 5.82 Å². The number of hydrogen-bond donors (Lipinski definition) is 0. The van der Waals surface area contributed by atoms with Crippen molar-refractivity contribution in [2.45, 2.75) is 25.0 Å². The van der Waals surface area contributed by atoms with Gasteiger partial charge in [-0.1, -0.05) is 11.8 Å². The summed E-state index contributed by atoms with van der Waals surface area (Å²) in [5, 5.41) is 8.93. The van der Waals surface area contributed by atoms with Crippen molar-refractivity contribution in [1.29, 1.82) is 0 Å². The molecule has 20 heavy (non-hydrogen) atoms. The number of methoxy groups -OCH3 is 1. The lowest BCUT2D eigenvalue weighted by molar-refractivity contribution is -0.137. The Morgan fingerprint density at radius 2 is 2.25 bits per heavy atom. The monoisotopic (exact) mass is 359 g/mol. The van der Waals surface area contributed by atoms with E-state index >= 15 is 0 Å². The second kappa shape index (κ2) is 6.45. The number of rotatable bonds is 5. The van der Waals surface area contributed by atoms with Crippen LogP contribution in [0.4, 0.5) is 0 Å². The van der Waals surface area contributed by atoms with E-state index < -0.39 is 0 Å². The van der Waals surface area contributed by atoms with Gasteiger partial charge in [-0.15, -0.1) is 10.2 Å². The molecular formula is C12H14BrN3O3S. The van der Waals surface area contributed by atoms with Crippen molar-refractivity contribution in [2.24, 2.45) is 0 Å². The van der Waals surface area contributed by atoms with E-state index in [9.17, 15) is 4.79 Å². The van der Waals surface area contributed by atoms with Crippen molar-refractivity contribution in [1.82, 2.24) is 14.8 Å². The zero-order valence-electron chi connectivity index (χ0n) is 11.3. The van der Waals surface area contributed by atoms with Gasteiger partial charge in [-0.2, -0.15) is 0 Å². The van der Waals surface area contributed by atoms with E-state index in [-0.39, 0.29) is 17.8 Å². The summed E-state index contributed by atoms with van der Waals surface area (Å²) in [6.07, 6.45) is 0. The first kappa shape index (κ1) is 15.1. The average molecular weight is 360 g/mol. The Kier molecular flexibility index (Phi) is 4.87. The van der Waals surface area contributed by atoms with Gasteiger partial charge >= 0.3 is 5.97 Å². The molecule has 0 unspecified atom stereocenters. The smallest absolute Gasteiger partial charge is 0.316 e. The third-order valence-corrected chi connectivity index (χ3v) is 3.86. The molecule has 2 heterocycles. The van der Waals surface area contributed by atoms with Gasteiger partial charge in [0, 0.05) is 6.04 Å². The van der Waals surface area contributed by atoms with Gasteiger partial charge in [-0.3, -0.25) is 9.36 Å². The summed E-state index contributed by atoms with van der Waals surface area (Å²) >= 11 is 4.56. The van der Waals surface area contributed by atoms with Crippen LogP contribution in [-0.2, 0) is 9.53 Å². The highest BCUT2D eigenvalue weighted by molar-refractivity contribution is 9.10. The summed E-state index contributed by atoms with van der Waals surface area (Å²) in [7, 11) is 1.36. The molecule has 8 heteroatoms. The van der Waals surface area contributed by atoms with Gasteiger partial charge in [0.25, 0.3) is 0 Å². The molecule has 0 N–H and O–H groups in total. The molecule has 0 aliphatic heterocycles. The van der Waals surface area contributed by atoms with Crippen LogP contribution >= 0.6 is 27.7 Å². The maximum absolute atomic E-state index is 11.2. The van der Waals surface area contributed by atoms with Gasteiger partial charge < -0.3 is 9.15 Å². The van der Waals surface area contributed by atoms with Crippen LogP contribution in [0.1, 0.15) is 19.9 Å². The predicted molar refractivity (Wildman–Crippen MR) is 78.5 cm³/mol. The Morgan fingerprint density at radius 1 is 1.50 bits per heavy atom. The Labute approximate surface area is 129 Å². The van der Waals surface area contributed by atoms with Gasteiger partial charge in [0.1, 0.15) is 0 Å². The van der Waals surface area contributed by atoms with Crippen LogP contribution in [0, 0.1) is 0 Å². The molecule has 0 saturated carbocycles. The van der Waals surface area contributed by atoms with Crippen LogP contribution < -0.4 is 0 Å². The van der Waals surface area contributed by atoms with Gasteiger partial charge in [-0.25, -0.2) is 0 Å². The van der Waals surface area contributed by atoms with Crippen molar-refractivity contribution < 1.29 is 13.9 Å². The molecule has 0 aliphatic carbocycles. The highest BCUT2D eigenvalue weighted by Crippen LogP contribution is 2.29. The lowest BCUT2D eigenvalue weighted by atomic mass is 10.3. The van der Waals surface area contributed by atoms with E-state index in [2.05, 4.69) is 30.9 Å². The van der Waals surface area contributed by atoms with E-state index in [0.717, 1.165) is 0 Å². The molecule has 0 aliphatic rings. The van der Waals surface area contributed by atoms with Crippen LogP contribution in [-0.4, -0.2) is 33.6 Å². The number of hydrogen-bond acceptors (Lipinski definition) is 6. The van der Waals surface area contributed by atoms with Crippen LogP contribution in [0.15, 0.2) is 26.4 Å². The van der Waals surface area contributed by atoms with E-state index in [0.29, 0.717) is 21.4 Å². The highest BCUT2D eigenvalue weighted by Gasteiger charge is 2.19. The Morgan fingerprint density at radius 3 is 2.80 bits per heavy atom. The second-order valence-electron chi connectivity index (χ2n) is 4.24. The summed E-state index contributed by atoms with van der Waals surface area (Å²) in [4.78, 5) is 11.2. The Hall–Kier alpha value is -1.28. The topological polar surface area (TPSA) is 70.2 Å². The summed E-state index contributed by atoms with van der Waals surface area (Å²) in [6, 6.07) is 3.77. The molecule has 2 aromatic heterocycles. The lowest BCUT2D eigenvalue weighted by Crippen LogP contribution is -2.08. The number of carbonyl (C=O) groups excluding carboxylic acids is 1. The normalized spacial score (nSPS) is 11.1. The zero-order valence-corrected chi connectivity index (χ0v) is 13.7. The average Bonchev–Trinajstić information content (AvgIpc) is 3.01. The number of furan rings is 1. The molecule has 6 nitrogen and oxygen atoms in total. The van der Waals surface area contributed by atoms with E-state index in [1.807, 2.05) is 24.5 Å². The number of nitrogens with zero attached hydrogens (tertiary/aromatic N) is 3. The Bertz CT molecular complexity index is 609. The standard InChI is InChI=1S/C12H14BrN3O3S/c1-7(2)16-11(8-4-5-9(13)19-8)14-15-12(16)20-6-10(17)18-3/h4-5,7H,6H2,1-3H3. The van der Waals surface area contributed by atoms with Crippen LogP contribution in [0.25, 0.3) is 11.6 Å². The number of halogens is 1. The molecule has 108 valence electrons. The van der Waals surface area contributed by atoms with Crippen molar-refractivity contribution in [3.8, 4) is 11.6 Å². The number of ether oxygens (including phenoxy) is 1. The maximum atomic E-state index is 11.2. The second-order valence-corrected chi connectivity index (χ2v) is 5.96. The van der Waals surface area contributed by atoms with E-state index in [4.69, 9.17) is 4.42 Å². The van der Waals surface area contributed by atoms with Gasteiger partial charge in [0.15, 0.2) is 15.6 Å². The third kappa shape index (κ3) is 3.24. The minimum absolute atomic E-state index is 0.143. The molecule has 0 aromatic carbocycles. The van der Waals surface area contributed by atoms with Crippen molar-refractivity contribution >= 4 is 33.7 Å². The van der Waals surface area contributed by atoms with Crippen molar-refractivity contribution in [2.75, 3.05) is 12.9 Å². The van der Waals surface area contributed by atoms with Crippen molar-refractivity contribution in [3.63, 3.8) is 0 Å². The molecule has 0 amide bonds. The summed E-state index contributed by atoms with van der Waals surface area (Å²) < 4.78 is 12.7. The highest BCUT2D eigenvalue weighted by atomic mass is 79.9. The lowest BCUT2D eigenvalue weighted by Gasteiger charge is -2.12. The number of aromatic nitrogens is 3. The molecule has 2 aromatic rings. The molecular weight excluding hydrogens is 346 g/mol. The molecule has 2 rings (SSSR count). The fourth-order valence-corrected chi connectivity index (χ4v) is 2.83. The fourth-order valence-electron chi connectivity index (χ4n) is 1.63. The molecule has 0 atom stereocenters. The number of carbonyl (C=O) groups is 1. The van der Waals surface area contributed by atoms with Gasteiger partial charge in [0.05, 0.1) is 12.9 Å². The SMILES string of the molecule is COC(=O)CSc1nnc(-c2ccc(Br)o2)n1C(C)C. The number of thioether (sulfide) groups is 1.